The molecule has 0 aromatic heterocycles. The molecule has 0 fully saturated rings. The molecule has 0 bridgehead atoms. The van der Waals surface area contributed by atoms with Crippen LogP contribution in [0.2, 0.25) is 0 Å². The summed E-state index contributed by atoms with van der Waals surface area (Å²) in [4.78, 5) is 0. The minimum atomic E-state index is 0.496. The second-order valence-corrected chi connectivity index (χ2v) is 3.05. The highest BCUT2D eigenvalue weighted by Crippen LogP contribution is 2.11. The van der Waals surface area contributed by atoms with E-state index in [1.54, 1.807) is 0 Å². The van der Waals surface area contributed by atoms with Gasteiger partial charge in [0.05, 0.1) is 11.6 Å². The smallest absolute Gasteiger partial charge is 0.0994 e. The van der Waals surface area contributed by atoms with Gasteiger partial charge in [-0.1, -0.05) is 24.3 Å². The zero-order valence-corrected chi connectivity index (χ0v) is 8.17. The number of alkyl halides is 1. The standard InChI is InChI=1S/C11H10ClN/c1-9-4-5-10(3-2-6-12)7-11(9)8-13/h2-5,7H,6H2,1H3. The first kappa shape index (κ1) is 9.83. The van der Waals surface area contributed by atoms with E-state index in [1.807, 2.05) is 37.3 Å². The molecule has 2 heteroatoms. The van der Waals surface area contributed by atoms with Crippen molar-refractivity contribution >= 4 is 17.7 Å². The number of allylic oxidation sites excluding steroid dienone is 1. The minimum Gasteiger partial charge on any atom is -0.192 e. The van der Waals surface area contributed by atoms with E-state index in [-0.39, 0.29) is 0 Å². The Balaban J connectivity index is 3.01. The molecule has 0 heterocycles. The van der Waals surface area contributed by atoms with Gasteiger partial charge in [-0.2, -0.15) is 5.26 Å². The van der Waals surface area contributed by atoms with E-state index in [0.29, 0.717) is 5.88 Å². The summed E-state index contributed by atoms with van der Waals surface area (Å²) >= 11 is 5.50. The molecule has 0 amide bonds. The molecule has 0 aliphatic rings. The lowest BCUT2D eigenvalue weighted by molar-refractivity contribution is 1.39. The lowest BCUT2D eigenvalue weighted by Gasteiger charge is -1.97. The molecule has 1 rings (SSSR count). The van der Waals surface area contributed by atoms with E-state index in [4.69, 9.17) is 16.9 Å². The molecule has 0 spiro atoms. The Bertz CT molecular complexity index is 361. The van der Waals surface area contributed by atoms with Crippen molar-refractivity contribution in [1.82, 2.24) is 0 Å². The van der Waals surface area contributed by atoms with Crippen LogP contribution in [0.4, 0.5) is 0 Å². The van der Waals surface area contributed by atoms with Crippen molar-refractivity contribution in [3.63, 3.8) is 0 Å². The molecule has 0 saturated heterocycles. The number of benzene rings is 1. The maximum atomic E-state index is 8.77. The summed E-state index contributed by atoms with van der Waals surface area (Å²) in [6, 6.07) is 7.91. The molecule has 1 aromatic carbocycles. The van der Waals surface area contributed by atoms with Gasteiger partial charge in [0.2, 0.25) is 0 Å². The Kier molecular flexibility index (Phi) is 3.54. The molecular weight excluding hydrogens is 182 g/mol. The van der Waals surface area contributed by atoms with Crippen molar-refractivity contribution < 1.29 is 0 Å². The topological polar surface area (TPSA) is 23.8 Å². The van der Waals surface area contributed by atoms with Crippen LogP contribution < -0.4 is 0 Å². The Hall–Kier alpha value is -1.26. The van der Waals surface area contributed by atoms with Crippen molar-refractivity contribution in [3.05, 3.63) is 41.0 Å². The molecule has 0 aliphatic carbocycles. The van der Waals surface area contributed by atoms with Gasteiger partial charge in [-0.25, -0.2) is 0 Å². The summed E-state index contributed by atoms with van der Waals surface area (Å²) in [5.41, 5.74) is 2.74. The highest BCUT2D eigenvalue weighted by Gasteiger charge is 1.96. The van der Waals surface area contributed by atoms with Crippen LogP contribution in [-0.4, -0.2) is 5.88 Å². The molecule has 0 N–H and O–H groups in total. The average Bonchev–Trinajstić information content (AvgIpc) is 2.16. The van der Waals surface area contributed by atoms with Gasteiger partial charge in [-0.15, -0.1) is 11.6 Å². The van der Waals surface area contributed by atoms with Gasteiger partial charge in [-0.05, 0) is 24.1 Å². The maximum Gasteiger partial charge on any atom is 0.0994 e. The highest BCUT2D eigenvalue weighted by molar-refractivity contribution is 6.19. The fraction of sp³-hybridized carbons (Fsp3) is 0.182. The number of halogens is 1. The van der Waals surface area contributed by atoms with Gasteiger partial charge >= 0.3 is 0 Å². The van der Waals surface area contributed by atoms with Crippen LogP contribution in [0.1, 0.15) is 16.7 Å². The Morgan fingerprint density at radius 1 is 1.54 bits per heavy atom. The van der Waals surface area contributed by atoms with E-state index in [1.165, 1.54) is 0 Å². The number of rotatable bonds is 2. The predicted molar refractivity (Wildman–Crippen MR) is 55.6 cm³/mol. The third-order valence-electron chi connectivity index (χ3n) is 1.78. The van der Waals surface area contributed by atoms with Crippen LogP contribution in [-0.2, 0) is 0 Å². The normalized spacial score (nSPS) is 10.2. The van der Waals surface area contributed by atoms with Crippen molar-refractivity contribution in [2.45, 2.75) is 6.92 Å². The number of hydrogen-bond donors (Lipinski definition) is 0. The maximum absolute atomic E-state index is 8.77. The first-order chi connectivity index (χ1) is 6.27. The zero-order chi connectivity index (χ0) is 9.68. The van der Waals surface area contributed by atoms with Crippen molar-refractivity contribution in [1.29, 1.82) is 5.26 Å². The summed E-state index contributed by atoms with van der Waals surface area (Å²) in [6.07, 6.45) is 3.76. The van der Waals surface area contributed by atoms with Crippen LogP contribution in [0.5, 0.6) is 0 Å². The second-order valence-electron chi connectivity index (χ2n) is 2.74. The van der Waals surface area contributed by atoms with Crippen LogP contribution in [0, 0.1) is 18.3 Å². The van der Waals surface area contributed by atoms with Crippen LogP contribution in [0.15, 0.2) is 24.3 Å². The van der Waals surface area contributed by atoms with E-state index < -0.39 is 0 Å². The van der Waals surface area contributed by atoms with Gasteiger partial charge in [0.1, 0.15) is 0 Å². The third kappa shape index (κ3) is 2.61. The molecule has 1 aromatic rings. The molecule has 0 unspecified atom stereocenters. The molecular formula is C11H10ClN. The SMILES string of the molecule is Cc1ccc(C=CCCl)cc1C#N. The largest absolute Gasteiger partial charge is 0.192 e. The molecule has 0 saturated carbocycles. The van der Waals surface area contributed by atoms with Gasteiger partial charge in [0.15, 0.2) is 0 Å². The predicted octanol–water partition coefficient (Wildman–Crippen LogP) is 3.12. The highest BCUT2D eigenvalue weighted by atomic mass is 35.5. The Morgan fingerprint density at radius 2 is 2.31 bits per heavy atom. The van der Waals surface area contributed by atoms with Gasteiger partial charge in [0, 0.05) is 5.88 Å². The molecule has 13 heavy (non-hydrogen) atoms. The van der Waals surface area contributed by atoms with Crippen LogP contribution >= 0.6 is 11.6 Å². The number of nitriles is 1. The molecule has 66 valence electrons. The van der Waals surface area contributed by atoms with Crippen molar-refractivity contribution in [2.24, 2.45) is 0 Å². The Labute approximate surface area is 83.3 Å². The van der Waals surface area contributed by atoms with E-state index in [9.17, 15) is 0 Å². The quantitative estimate of drug-likeness (QED) is 0.659. The molecule has 0 aliphatic heterocycles. The second kappa shape index (κ2) is 4.69. The van der Waals surface area contributed by atoms with E-state index in [2.05, 4.69) is 6.07 Å². The first-order valence-electron chi connectivity index (χ1n) is 4.01. The third-order valence-corrected chi connectivity index (χ3v) is 1.96. The van der Waals surface area contributed by atoms with Crippen molar-refractivity contribution in [2.75, 3.05) is 5.88 Å². The zero-order valence-electron chi connectivity index (χ0n) is 7.42. The van der Waals surface area contributed by atoms with Crippen LogP contribution in [0.25, 0.3) is 6.08 Å². The monoisotopic (exact) mass is 191 g/mol. The van der Waals surface area contributed by atoms with Crippen LogP contribution in [0.3, 0.4) is 0 Å². The van der Waals surface area contributed by atoms with Gasteiger partial charge in [-0.3, -0.25) is 0 Å². The number of hydrogen-bond acceptors (Lipinski definition) is 1. The summed E-state index contributed by atoms with van der Waals surface area (Å²) in [5.74, 6) is 0.496. The van der Waals surface area contributed by atoms with Crippen molar-refractivity contribution in [3.8, 4) is 6.07 Å². The van der Waals surface area contributed by atoms with E-state index >= 15 is 0 Å². The summed E-state index contributed by atoms with van der Waals surface area (Å²) in [5, 5.41) is 8.77. The summed E-state index contributed by atoms with van der Waals surface area (Å²) < 4.78 is 0. The fourth-order valence-corrected chi connectivity index (χ4v) is 1.13. The van der Waals surface area contributed by atoms with Gasteiger partial charge < -0.3 is 0 Å². The minimum absolute atomic E-state index is 0.496. The Morgan fingerprint density at radius 3 is 2.92 bits per heavy atom. The lowest BCUT2D eigenvalue weighted by atomic mass is 10.1. The number of aryl methyl sites for hydroxylation is 1. The average molecular weight is 192 g/mol. The lowest BCUT2D eigenvalue weighted by Crippen LogP contribution is -1.82. The van der Waals surface area contributed by atoms with E-state index in [0.717, 1.165) is 16.7 Å². The molecule has 0 atom stereocenters. The summed E-state index contributed by atoms with van der Waals surface area (Å²) in [6.45, 7) is 1.92. The summed E-state index contributed by atoms with van der Waals surface area (Å²) in [7, 11) is 0. The van der Waals surface area contributed by atoms with Gasteiger partial charge in [0.25, 0.3) is 0 Å². The number of nitrogens with zero attached hydrogens (tertiary/aromatic N) is 1. The first-order valence-corrected chi connectivity index (χ1v) is 4.54. The molecule has 1 nitrogen and oxygen atoms in total. The fourth-order valence-electron chi connectivity index (χ4n) is 1.04. The molecule has 0 radical (unpaired) electrons.